The standard InChI is InChI=1S/C25H21ClF2N4O4/c1-36-21-12-6-11-20(22(21)28)32-24(34)30(13-16-17(26)9-5-10-18(16)27)23(33)31(25(32)35)14-19(29)15-7-3-2-4-8-15/h2-12,19H,13-14,29H2,1H3/t19-/m0/s1. The van der Waals surface area contributed by atoms with Crippen molar-refractivity contribution in [3.8, 4) is 11.4 Å². The van der Waals surface area contributed by atoms with E-state index >= 15 is 4.39 Å². The molecule has 0 unspecified atom stereocenters. The van der Waals surface area contributed by atoms with Crippen molar-refractivity contribution in [1.82, 2.24) is 13.7 Å². The van der Waals surface area contributed by atoms with Gasteiger partial charge in [0.25, 0.3) is 0 Å². The fourth-order valence-electron chi connectivity index (χ4n) is 3.80. The number of nitrogens with two attached hydrogens (primary N) is 1. The molecule has 0 amide bonds. The van der Waals surface area contributed by atoms with Crippen LogP contribution in [0.15, 0.2) is 81.1 Å². The smallest absolute Gasteiger partial charge is 0.341 e. The van der Waals surface area contributed by atoms with Gasteiger partial charge in [-0.15, -0.1) is 0 Å². The van der Waals surface area contributed by atoms with Crippen LogP contribution in [0.25, 0.3) is 5.69 Å². The van der Waals surface area contributed by atoms with Crippen molar-refractivity contribution >= 4 is 11.6 Å². The second-order valence-corrected chi connectivity index (χ2v) is 8.30. The van der Waals surface area contributed by atoms with E-state index in [1.165, 1.54) is 37.4 Å². The third kappa shape index (κ3) is 4.60. The summed E-state index contributed by atoms with van der Waals surface area (Å²) in [6.45, 7) is -0.936. The van der Waals surface area contributed by atoms with Gasteiger partial charge >= 0.3 is 17.1 Å². The molecule has 0 aliphatic rings. The van der Waals surface area contributed by atoms with Gasteiger partial charge in [-0.05, 0) is 29.8 Å². The summed E-state index contributed by atoms with van der Waals surface area (Å²) in [6, 6.07) is 15.6. The number of benzene rings is 3. The maximum Gasteiger partial charge on any atom is 0.341 e. The zero-order valence-electron chi connectivity index (χ0n) is 19.0. The monoisotopic (exact) mass is 514 g/mol. The molecule has 186 valence electrons. The maximum atomic E-state index is 15.1. The Balaban J connectivity index is 1.99. The van der Waals surface area contributed by atoms with Crippen molar-refractivity contribution in [3.05, 3.63) is 126 Å². The molecule has 0 saturated heterocycles. The Morgan fingerprint density at radius 2 is 1.56 bits per heavy atom. The highest BCUT2D eigenvalue weighted by atomic mass is 35.5. The molecule has 0 aliphatic carbocycles. The van der Waals surface area contributed by atoms with Gasteiger partial charge < -0.3 is 10.5 Å². The van der Waals surface area contributed by atoms with Gasteiger partial charge in [0.2, 0.25) is 0 Å². The van der Waals surface area contributed by atoms with E-state index in [2.05, 4.69) is 0 Å². The average Bonchev–Trinajstić information content (AvgIpc) is 2.87. The summed E-state index contributed by atoms with van der Waals surface area (Å²) < 4.78 is 36.4. The Bertz CT molecular complexity index is 1580. The zero-order chi connectivity index (χ0) is 26.0. The van der Waals surface area contributed by atoms with E-state index in [1.807, 2.05) is 0 Å². The van der Waals surface area contributed by atoms with Crippen LogP contribution in [-0.2, 0) is 13.1 Å². The molecule has 0 radical (unpaired) electrons. The Morgan fingerprint density at radius 3 is 2.22 bits per heavy atom. The highest BCUT2D eigenvalue weighted by molar-refractivity contribution is 6.31. The fourth-order valence-corrected chi connectivity index (χ4v) is 4.03. The lowest BCUT2D eigenvalue weighted by molar-refractivity contribution is 0.384. The van der Waals surface area contributed by atoms with Gasteiger partial charge in [0.15, 0.2) is 11.6 Å². The Kier molecular flexibility index (Phi) is 7.18. The van der Waals surface area contributed by atoms with Crippen LogP contribution < -0.4 is 27.5 Å². The lowest BCUT2D eigenvalue weighted by Crippen LogP contribution is -2.55. The molecule has 36 heavy (non-hydrogen) atoms. The molecule has 0 saturated carbocycles. The highest BCUT2D eigenvalue weighted by Crippen LogP contribution is 2.22. The number of ether oxygens (including phenoxy) is 1. The number of methoxy groups -OCH3 is 1. The average molecular weight is 515 g/mol. The molecule has 1 heterocycles. The first-order valence-corrected chi connectivity index (χ1v) is 11.1. The third-order valence-electron chi connectivity index (χ3n) is 5.69. The van der Waals surface area contributed by atoms with Gasteiger partial charge in [-0.3, -0.25) is 0 Å². The normalized spacial score (nSPS) is 11.9. The minimum Gasteiger partial charge on any atom is -0.494 e. The Labute approximate surface area is 208 Å². The van der Waals surface area contributed by atoms with Crippen LogP contribution >= 0.6 is 11.6 Å². The molecule has 4 aromatic rings. The molecule has 8 nitrogen and oxygen atoms in total. The predicted octanol–water partition coefficient (Wildman–Crippen LogP) is 2.85. The van der Waals surface area contributed by atoms with Crippen molar-refractivity contribution < 1.29 is 13.5 Å². The van der Waals surface area contributed by atoms with Crippen LogP contribution in [0.5, 0.6) is 5.75 Å². The van der Waals surface area contributed by atoms with Crippen molar-refractivity contribution in [3.63, 3.8) is 0 Å². The van der Waals surface area contributed by atoms with Crippen molar-refractivity contribution in [2.75, 3.05) is 7.11 Å². The molecule has 4 rings (SSSR count). The van der Waals surface area contributed by atoms with Gasteiger partial charge in [-0.25, -0.2) is 36.9 Å². The van der Waals surface area contributed by atoms with E-state index in [1.54, 1.807) is 30.3 Å². The SMILES string of the molecule is COc1cccc(-n2c(=O)n(Cc3c(F)cccc3Cl)c(=O)n(C[C@H](N)c3ccccc3)c2=O)c1F. The summed E-state index contributed by atoms with van der Waals surface area (Å²) in [4.78, 5) is 40.2. The quantitative estimate of drug-likeness (QED) is 0.409. The lowest BCUT2D eigenvalue weighted by Gasteiger charge is -2.18. The van der Waals surface area contributed by atoms with Crippen LogP contribution in [-0.4, -0.2) is 20.8 Å². The summed E-state index contributed by atoms with van der Waals surface area (Å²) in [6.07, 6.45) is 0. The van der Waals surface area contributed by atoms with E-state index in [9.17, 15) is 18.8 Å². The summed E-state index contributed by atoms with van der Waals surface area (Å²) in [7, 11) is 1.23. The predicted molar refractivity (Wildman–Crippen MR) is 131 cm³/mol. The van der Waals surface area contributed by atoms with Gasteiger partial charge in [-0.1, -0.05) is 54.1 Å². The fraction of sp³-hybridized carbons (Fsp3) is 0.160. The number of aromatic nitrogens is 3. The maximum absolute atomic E-state index is 15.1. The number of halogens is 3. The van der Waals surface area contributed by atoms with Crippen molar-refractivity contribution in [2.24, 2.45) is 5.73 Å². The first-order chi connectivity index (χ1) is 17.2. The first kappa shape index (κ1) is 25.1. The molecule has 0 bridgehead atoms. The van der Waals surface area contributed by atoms with Crippen molar-refractivity contribution in [2.45, 2.75) is 19.1 Å². The van der Waals surface area contributed by atoms with Crippen LogP contribution in [0.2, 0.25) is 5.02 Å². The minimum absolute atomic E-state index is 0.0286. The lowest BCUT2D eigenvalue weighted by atomic mass is 10.1. The Morgan fingerprint density at radius 1 is 0.889 bits per heavy atom. The van der Waals surface area contributed by atoms with Gasteiger partial charge in [-0.2, -0.15) is 0 Å². The molecule has 0 spiro atoms. The molecule has 0 fully saturated rings. The van der Waals surface area contributed by atoms with Gasteiger partial charge in [0.05, 0.1) is 25.9 Å². The molecular formula is C25H21ClF2N4O4. The molecule has 11 heteroatoms. The Hall–Kier alpha value is -4.02. The van der Waals surface area contributed by atoms with Gasteiger partial charge in [0, 0.05) is 16.6 Å². The summed E-state index contributed by atoms with van der Waals surface area (Å²) >= 11 is 6.11. The number of hydrogen-bond acceptors (Lipinski definition) is 5. The summed E-state index contributed by atoms with van der Waals surface area (Å²) in [5, 5.41) is -0.0286. The second kappa shape index (κ2) is 10.3. The molecule has 0 aliphatic heterocycles. The first-order valence-electron chi connectivity index (χ1n) is 10.8. The topological polar surface area (TPSA) is 101 Å². The van der Waals surface area contributed by atoms with Crippen molar-refractivity contribution in [1.29, 1.82) is 0 Å². The largest absolute Gasteiger partial charge is 0.494 e. The van der Waals surface area contributed by atoms with Crippen LogP contribution in [0.4, 0.5) is 8.78 Å². The van der Waals surface area contributed by atoms with Gasteiger partial charge in [0.1, 0.15) is 5.82 Å². The number of hydrogen-bond donors (Lipinski definition) is 1. The van der Waals surface area contributed by atoms with E-state index in [0.29, 0.717) is 19.3 Å². The third-order valence-corrected chi connectivity index (χ3v) is 6.05. The zero-order valence-corrected chi connectivity index (χ0v) is 19.8. The van der Waals surface area contributed by atoms with E-state index in [0.717, 1.165) is 6.07 Å². The minimum atomic E-state index is -1.18. The molecular weight excluding hydrogens is 494 g/mol. The van der Waals surface area contributed by atoms with Crippen LogP contribution in [0.1, 0.15) is 17.2 Å². The number of rotatable bonds is 7. The molecule has 2 N–H and O–H groups in total. The highest BCUT2D eigenvalue weighted by Gasteiger charge is 2.23. The second-order valence-electron chi connectivity index (χ2n) is 7.89. The van der Waals surface area contributed by atoms with E-state index in [4.69, 9.17) is 22.1 Å². The van der Waals surface area contributed by atoms with Crippen LogP contribution in [0, 0.1) is 11.6 Å². The van der Waals surface area contributed by atoms with E-state index in [-0.39, 0.29) is 22.9 Å². The molecule has 1 atom stereocenters. The molecule has 1 aromatic heterocycles. The summed E-state index contributed by atoms with van der Waals surface area (Å²) in [5.74, 6) is -1.97. The molecule has 3 aromatic carbocycles. The number of nitrogens with zero attached hydrogens (tertiary/aromatic N) is 3. The van der Waals surface area contributed by atoms with E-state index < -0.39 is 47.0 Å². The summed E-state index contributed by atoms with van der Waals surface area (Å²) in [5.41, 5.74) is 2.94. The van der Waals surface area contributed by atoms with Crippen LogP contribution in [0.3, 0.4) is 0 Å².